The highest BCUT2D eigenvalue weighted by molar-refractivity contribution is 6.01. The van der Waals surface area contributed by atoms with E-state index in [1.54, 1.807) is 6.20 Å². The van der Waals surface area contributed by atoms with E-state index in [1.165, 1.54) is 0 Å². The predicted octanol–water partition coefficient (Wildman–Crippen LogP) is 2.16. The highest BCUT2D eigenvalue weighted by Crippen LogP contribution is 2.21. The number of fused-ring (bicyclic) bond motifs is 1. The highest BCUT2D eigenvalue weighted by Gasteiger charge is 2.09. The third kappa shape index (κ3) is 1.83. The van der Waals surface area contributed by atoms with Crippen molar-refractivity contribution in [3.05, 3.63) is 24.4 Å². The van der Waals surface area contributed by atoms with Crippen molar-refractivity contribution in [1.29, 1.82) is 0 Å². The lowest BCUT2D eigenvalue weighted by Crippen LogP contribution is -2.17. The fraction of sp³-hybridized carbons (Fsp3) is 0.273. The summed E-state index contributed by atoms with van der Waals surface area (Å²) >= 11 is 0. The number of carbonyl (C=O) groups is 1. The smallest absolute Gasteiger partial charge is 0.226 e. The van der Waals surface area contributed by atoms with E-state index in [2.05, 4.69) is 15.5 Å². The van der Waals surface area contributed by atoms with Crippen LogP contribution in [0.3, 0.4) is 0 Å². The maximum Gasteiger partial charge on any atom is 0.226 e. The van der Waals surface area contributed by atoms with Crippen molar-refractivity contribution >= 4 is 22.5 Å². The van der Waals surface area contributed by atoms with Gasteiger partial charge in [-0.15, -0.1) is 0 Å². The van der Waals surface area contributed by atoms with Crippen LogP contribution in [0.2, 0.25) is 0 Å². The minimum atomic E-state index is -0.0212. The van der Waals surface area contributed by atoms with Crippen LogP contribution in [0.1, 0.15) is 13.8 Å². The zero-order valence-corrected chi connectivity index (χ0v) is 8.74. The number of amides is 1. The summed E-state index contributed by atoms with van der Waals surface area (Å²) in [5.74, 6) is -0.00384. The number of aromatic amines is 1. The largest absolute Gasteiger partial charge is 0.325 e. The molecular formula is C11H13N3O. The van der Waals surface area contributed by atoms with Crippen LogP contribution in [-0.2, 0) is 4.79 Å². The molecule has 0 radical (unpaired) electrons. The molecule has 1 aromatic carbocycles. The van der Waals surface area contributed by atoms with E-state index in [9.17, 15) is 4.79 Å². The number of aromatic nitrogens is 2. The van der Waals surface area contributed by atoms with E-state index in [0.717, 1.165) is 16.6 Å². The summed E-state index contributed by atoms with van der Waals surface area (Å²) in [5.41, 5.74) is 1.73. The number of H-pyrrole nitrogens is 1. The average Bonchev–Trinajstić information content (AvgIpc) is 2.66. The second kappa shape index (κ2) is 3.73. The summed E-state index contributed by atoms with van der Waals surface area (Å²) in [4.78, 5) is 11.5. The van der Waals surface area contributed by atoms with E-state index in [4.69, 9.17) is 0 Å². The predicted molar refractivity (Wildman–Crippen MR) is 59.6 cm³/mol. The molecule has 78 valence electrons. The van der Waals surface area contributed by atoms with Gasteiger partial charge in [0.1, 0.15) is 0 Å². The number of nitrogens with zero attached hydrogens (tertiary/aromatic N) is 1. The van der Waals surface area contributed by atoms with E-state index >= 15 is 0 Å². The molecule has 0 saturated heterocycles. The fourth-order valence-corrected chi connectivity index (χ4v) is 1.35. The lowest BCUT2D eigenvalue weighted by Gasteiger charge is -2.08. The lowest BCUT2D eigenvalue weighted by molar-refractivity contribution is -0.118. The highest BCUT2D eigenvalue weighted by atomic mass is 16.1. The Morgan fingerprint density at radius 3 is 3.00 bits per heavy atom. The summed E-state index contributed by atoms with van der Waals surface area (Å²) in [6.07, 6.45) is 1.71. The second-order valence-electron chi connectivity index (χ2n) is 3.78. The molecule has 1 amide bonds. The van der Waals surface area contributed by atoms with Gasteiger partial charge in [-0.05, 0) is 12.1 Å². The molecule has 0 spiro atoms. The van der Waals surface area contributed by atoms with Crippen molar-refractivity contribution in [1.82, 2.24) is 10.2 Å². The Morgan fingerprint density at radius 2 is 2.27 bits per heavy atom. The fourth-order valence-electron chi connectivity index (χ4n) is 1.35. The standard InChI is InChI=1S/C11H13N3O/c1-7(2)11(15)13-9-4-3-5-10-8(9)6-12-14-10/h3-7H,1-2H3,(H,12,14)(H,13,15). The molecule has 0 bridgehead atoms. The van der Waals surface area contributed by atoms with Crippen LogP contribution in [0.4, 0.5) is 5.69 Å². The molecule has 0 aliphatic rings. The molecule has 2 N–H and O–H groups in total. The molecule has 0 atom stereocenters. The first kappa shape index (κ1) is 9.71. The molecule has 0 saturated carbocycles. The number of anilines is 1. The summed E-state index contributed by atoms with van der Waals surface area (Å²) in [6, 6.07) is 5.68. The van der Waals surface area contributed by atoms with Crippen LogP contribution in [0.25, 0.3) is 10.9 Å². The monoisotopic (exact) mass is 203 g/mol. The summed E-state index contributed by atoms with van der Waals surface area (Å²) in [5, 5.41) is 10.6. The van der Waals surface area contributed by atoms with Crippen molar-refractivity contribution in [3.63, 3.8) is 0 Å². The third-order valence-electron chi connectivity index (χ3n) is 2.27. The van der Waals surface area contributed by atoms with Gasteiger partial charge in [-0.3, -0.25) is 9.89 Å². The molecule has 2 rings (SSSR count). The SMILES string of the molecule is CC(C)C(=O)Nc1cccc2[nH]ncc12. The molecule has 15 heavy (non-hydrogen) atoms. The Kier molecular flexibility index (Phi) is 2.41. The first-order valence-electron chi connectivity index (χ1n) is 4.91. The third-order valence-corrected chi connectivity index (χ3v) is 2.27. The molecule has 4 heteroatoms. The Bertz CT molecular complexity index is 487. The van der Waals surface area contributed by atoms with E-state index in [-0.39, 0.29) is 11.8 Å². The van der Waals surface area contributed by atoms with Crippen LogP contribution < -0.4 is 5.32 Å². The first-order chi connectivity index (χ1) is 7.18. The lowest BCUT2D eigenvalue weighted by atomic mass is 10.2. The minimum absolute atomic E-state index is 0.0173. The van der Waals surface area contributed by atoms with Gasteiger partial charge in [0.25, 0.3) is 0 Å². The Hall–Kier alpha value is -1.84. The number of rotatable bonds is 2. The van der Waals surface area contributed by atoms with E-state index in [1.807, 2.05) is 32.0 Å². The van der Waals surface area contributed by atoms with Crippen molar-refractivity contribution in [2.75, 3.05) is 5.32 Å². The Balaban J connectivity index is 2.35. The van der Waals surface area contributed by atoms with Crippen molar-refractivity contribution in [3.8, 4) is 0 Å². The average molecular weight is 203 g/mol. The molecule has 0 aliphatic carbocycles. The molecule has 0 unspecified atom stereocenters. The normalized spacial score (nSPS) is 10.9. The Morgan fingerprint density at radius 1 is 1.47 bits per heavy atom. The van der Waals surface area contributed by atoms with Gasteiger partial charge in [0, 0.05) is 11.3 Å². The first-order valence-corrected chi connectivity index (χ1v) is 4.91. The molecule has 1 aromatic heterocycles. The van der Waals surface area contributed by atoms with Gasteiger partial charge in [-0.25, -0.2) is 0 Å². The van der Waals surface area contributed by atoms with Crippen molar-refractivity contribution in [2.45, 2.75) is 13.8 Å². The summed E-state index contributed by atoms with van der Waals surface area (Å²) in [6.45, 7) is 3.73. The second-order valence-corrected chi connectivity index (χ2v) is 3.78. The van der Waals surface area contributed by atoms with Crippen molar-refractivity contribution < 1.29 is 4.79 Å². The quantitative estimate of drug-likeness (QED) is 0.785. The number of nitrogens with one attached hydrogen (secondary N) is 2. The van der Waals surface area contributed by atoms with Crippen LogP contribution in [-0.4, -0.2) is 16.1 Å². The van der Waals surface area contributed by atoms with Crippen LogP contribution in [0, 0.1) is 5.92 Å². The van der Waals surface area contributed by atoms with Gasteiger partial charge in [0.05, 0.1) is 17.4 Å². The van der Waals surface area contributed by atoms with Gasteiger partial charge < -0.3 is 5.32 Å². The van der Waals surface area contributed by atoms with Crippen molar-refractivity contribution in [2.24, 2.45) is 5.92 Å². The zero-order valence-electron chi connectivity index (χ0n) is 8.74. The maximum absolute atomic E-state index is 11.5. The van der Waals surface area contributed by atoms with E-state index < -0.39 is 0 Å². The number of carbonyl (C=O) groups excluding carboxylic acids is 1. The minimum Gasteiger partial charge on any atom is -0.325 e. The van der Waals surface area contributed by atoms with E-state index in [0.29, 0.717) is 0 Å². The number of hydrogen-bond acceptors (Lipinski definition) is 2. The van der Waals surface area contributed by atoms with Gasteiger partial charge in [-0.2, -0.15) is 5.10 Å². The molecule has 0 fully saturated rings. The summed E-state index contributed by atoms with van der Waals surface area (Å²) in [7, 11) is 0. The molecular weight excluding hydrogens is 190 g/mol. The molecule has 2 aromatic rings. The summed E-state index contributed by atoms with van der Waals surface area (Å²) < 4.78 is 0. The topological polar surface area (TPSA) is 57.8 Å². The van der Waals surface area contributed by atoms with Crippen LogP contribution >= 0.6 is 0 Å². The molecule has 1 heterocycles. The zero-order chi connectivity index (χ0) is 10.8. The Labute approximate surface area is 87.7 Å². The number of benzene rings is 1. The van der Waals surface area contributed by atoms with Gasteiger partial charge >= 0.3 is 0 Å². The molecule has 4 nitrogen and oxygen atoms in total. The molecule has 0 aliphatic heterocycles. The number of hydrogen-bond donors (Lipinski definition) is 2. The van der Waals surface area contributed by atoms with Crippen LogP contribution in [0.5, 0.6) is 0 Å². The van der Waals surface area contributed by atoms with Gasteiger partial charge in [0.2, 0.25) is 5.91 Å². The maximum atomic E-state index is 11.5. The van der Waals surface area contributed by atoms with Gasteiger partial charge in [-0.1, -0.05) is 19.9 Å². The van der Waals surface area contributed by atoms with Crippen LogP contribution in [0.15, 0.2) is 24.4 Å². The van der Waals surface area contributed by atoms with Gasteiger partial charge in [0.15, 0.2) is 0 Å².